The molecular formula is C13H16N4. The molecule has 1 aromatic carbocycles. The quantitative estimate of drug-likeness (QED) is 0.873. The molecule has 0 spiro atoms. The van der Waals surface area contributed by atoms with E-state index in [1.807, 2.05) is 24.1 Å². The van der Waals surface area contributed by atoms with Gasteiger partial charge in [-0.3, -0.25) is 0 Å². The predicted octanol–water partition coefficient (Wildman–Crippen LogP) is 2.01. The van der Waals surface area contributed by atoms with Crippen molar-refractivity contribution in [3.63, 3.8) is 0 Å². The highest BCUT2D eigenvalue weighted by Gasteiger charge is 2.06. The lowest BCUT2D eigenvalue weighted by Crippen LogP contribution is -2.13. The Labute approximate surface area is 101 Å². The van der Waals surface area contributed by atoms with Crippen LogP contribution in [0.4, 0.5) is 11.5 Å². The Morgan fingerprint density at radius 1 is 1.29 bits per heavy atom. The molecule has 0 saturated heterocycles. The number of anilines is 2. The first-order valence-corrected chi connectivity index (χ1v) is 5.53. The molecule has 0 bridgehead atoms. The Balaban J connectivity index is 2.33. The van der Waals surface area contributed by atoms with Crippen LogP contribution in [0.3, 0.4) is 0 Å². The first-order valence-electron chi connectivity index (χ1n) is 5.53. The Morgan fingerprint density at radius 3 is 2.82 bits per heavy atom. The van der Waals surface area contributed by atoms with Gasteiger partial charge in [0.15, 0.2) is 0 Å². The number of nitrogens with two attached hydrogens (primary N) is 1. The van der Waals surface area contributed by atoms with E-state index in [-0.39, 0.29) is 0 Å². The van der Waals surface area contributed by atoms with Crippen molar-refractivity contribution in [1.82, 2.24) is 9.97 Å². The molecule has 0 aliphatic rings. The lowest BCUT2D eigenvalue weighted by Gasteiger charge is -2.18. The van der Waals surface area contributed by atoms with Crippen molar-refractivity contribution in [2.45, 2.75) is 13.5 Å². The minimum absolute atomic E-state index is 0.357. The van der Waals surface area contributed by atoms with Crippen molar-refractivity contribution in [3.8, 4) is 0 Å². The topological polar surface area (TPSA) is 55.0 Å². The molecule has 4 nitrogen and oxygen atoms in total. The van der Waals surface area contributed by atoms with Crippen molar-refractivity contribution in [2.75, 3.05) is 11.9 Å². The van der Waals surface area contributed by atoms with Gasteiger partial charge in [0, 0.05) is 18.9 Å². The van der Waals surface area contributed by atoms with Crippen molar-refractivity contribution < 1.29 is 0 Å². The maximum Gasteiger partial charge on any atom is 0.144 e. The van der Waals surface area contributed by atoms with Crippen molar-refractivity contribution in [2.24, 2.45) is 5.73 Å². The van der Waals surface area contributed by atoms with Crippen LogP contribution < -0.4 is 10.6 Å². The second-order valence-electron chi connectivity index (χ2n) is 3.93. The van der Waals surface area contributed by atoms with Crippen LogP contribution in [0, 0.1) is 6.92 Å². The third-order valence-electron chi connectivity index (χ3n) is 2.61. The summed E-state index contributed by atoms with van der Waals surface area (Å²) in [4.78, 5) is 10.5. The van der Waals surface area contributed by atoms with Gasteiger partial charge in [-0.25, -0.2) is 9.97 Å². The van der Waals surface area contributed by atoms with Crippen LogP contribution in [-0.4, -0.2) is 17.0 Å². The molecule has 0 saturated carbocycles. The average Bonchev–Trinajstić information content (AvgIpc) is 2.38. The first-order chi connectivity index (χ1) is 8.20. The summed E-state index contributed by atoms with van der Waals surface area (Å²) in [6.45, 7) is 2.43. The average molecular weight is 228 g/mol. The van der Waals surface area contributed by atoms with Gasteiger partial charge in [-0.1, -0.05) is 12.1 Å². The number of aryl methyl sites for hydroxylation is 1. The van der Waals surface area contributed by atoms with E-state index in [2.05, 4.69) is 35.1 Å². The zero-order chi connectivity index (χ0) is 12.3. The van der Waals surface area contributed by atoms with E-state index in [9.17, 15) is 0 Å². The summed E-state index contributed by atoms with van der Waals surface area (Å²) in [7, 11) is 1.98. The van der Waals surface area contributed by atoms with Crippen LogP contribution >= 0.6 is 0 Å². The third kappa shape index (κ3) is 2.60. The van der Waals surface area contributed by atoms with Crippen molar-refractivity contribution in [1.29, 1.82) is 0 Å². The van der Waals surface area contributed by atoms with Gasteiger partial charge in [-0.2, -0.15) is 0 Å². The van der Waals surface area contributed by atoms with E-state index in [0.29, 0.717) is 12.4 Å². The maximum absolute atomic E-state index is 5.54. The SMILES string of the molecule is Cc1cccc(N(C)c2ccnc(CN)n2)c1. The van der Waals surface area contributed by atoms with E-state index in [1.54, 1.807) is 6.20 Å². The summed E-state index contributed by atoms with van der Waals surface area (Å²) in [5, 5.41) is 0. The van der Waals surface area contributed by atoms with Crippen LogP contribution in [0.25, 0.3) is 0 Å². The summed E-state index contributed by atoms with van der Waals surface area (Å²) in [5.41, 5.74) is 7.87. The molecule has 0 radical (unpaired) electrons. The van der Waals surface area contributed by atoms with Crippen molar-refractivity contribution >= 4 is 11.5 Å². The van der Waals surface area contributed by atoms with Gasteiger partial charge in [0.1, 0.15) is 11.6 Å². The minimum atomic E-state index is 0.357. The molecule has 2 aromatic rings. The molecular weight excluding hydrogens is 212 g/mol. The molecule has 0 fully saturated rings. The number of nitrogens with zero attached hydrogens (tertiary/aromatic N) is 3. The molecule has 88 valence electrons. The zero-order valence-corrected chi connectivity index (χ0v) is 10.1. The molecule has 17 heavy (non-hydrogen) atoms. The van der Waals surface area contributed by atoms with Gasteiger partial charge >= 0.3 is 0 Å². The Hall–Kier alpha value is -1.94. The largest absolute Gasteiger partial charge is 0.329 e. The second kappa shape index (κ2) is 4.93. The zero-order valence-electron chi connectivity index (χ0n) is 10.1. The van der Waals surface area contributed by atoms with Crippen LogP contribution in [0.15, 0.2) is 36.5 Å². The molecule has 1 heterocycles. The van der Waals surface area contributed by atoms with Gasteiger partial charge in [0.05, 0.1) is 6.54 Å². The Bertz CT molecular complexity index is 510. The summed E-state index contributed by atoms with van der Waals surface area (Å²) < 4.78 is 0. The number of benzene rings is 1. The molecule has 0 amide bonds. The normalized spacial score (nSPS) is 10.3. The molecule has 0 aliphatic heterocycles. The molecule has 4 heteroatoms. The highest BCUT2D eigenvalue weighted by molar-refractivity contribution is 5.59. The summed E-state index contributed by atoms with van der Waals surface area (Å²) in [5.74, 6) is 1.51. The first kappa shape index (κ1) is 11.5. The van der Waals surface area contributed by atoms with E-state index in [4.69, 9.17) is 5.73 Å². The molecule has 2 rings (SSSR count). The monoisotopic (exact) mass is 228 g/mol. The standard InChI is InChI=1S/C13H16N4/c1-10-4-3-5-11(8-10)17(2)13-6-7-15-12(9-14)16-13/h3-8H,9,14H2,1-2H3. The van der Waals surface area contributed by atoms with Crippen LogP contribution in [0.1, 0.15) is 11.4 Å². The van der Waals surface area contributed by atoms with Crippen LogP contribution in [0.5, 0.6) is 0 Å². The van der Waals surface area contributed by atoms with E-state index >= 15 is 0 Å². The highest BCUT2D eigenvalue weighted by atomic mass is 15.2. The Morgan fingerprint density at radius 2 is 2.12 bits per heavy atom. The van der Waals surface area contributed by atoms with Gasteiger partial charge < -0.3 is 10.6 Å². The number of hydrogen-bond acceptors (Lipinski definition) is 4. The van der Waals surface area contributed by atoms with Gasteiger partial charge in [0.25, 0.3) is 0 Å². The van der Waals surface area contributed by atoms with E-state index in [0.717, 1.165) is 11.5 Å². The lowest BCUT2D eigenvalue weighted by molar-refractivity contribution is 0.899. The minimum Gasteiger partial charge on any atom is -0.329 e. The second-order valence-corrected chi connectivity index (χ2v) is 3.93. The fraction of sp³-hybridized carbons (Fsp3) is 0.231. The summed E-state index contributed by atoms with van der Waals surface area (Å²) in [6.07, 6.45) is 1.73. The van der Waals surface area contributed by atoms with Crippen LogP contribution in [0.2, 0.25) is 0 Å². The van der Waals surface area contributed by atoms with Gasteiger partial charge in [-0.05, 0) is 30.7 Å². The highest BCUT2D eigenvalue weighted by Crippen LogP contribution is 2.21. The van der Waals surface area contributed by atoms with Crippen LogP contribution in [-0.2, 0) is 6.54 Å². The van der Waals surface area contributed by atoms with Gasteiger partial charge in [-0.15, -0.1) is 0 Å². The van der Waals surface area contributed by atoms with Crippen molar-refractivity contribution in [3.05, 3.63) is 47.9 Å². The van der Waals surface area contributed by atoms with Gasteiger partial charge in [0.2, 0.25) is 0 Å². The maximum atomic E-state index is 5.54. The van der Waals surface area contributed by atoms with E-state index in [1.165, 1.54) is 5.56 Å². The molecule has 0 unspecified atom stereocenters. The van der Waals surface area contributed by atoms with E-state index < -0.39 is 0 Å². The summed E-state index contributed by atoms with van der Waals surface area (Å²) >= 11 is 0. The summed E-state index contributed by atoms with van der Waals surface area (Å²) in [6, 6.07) is 10.2. The predicted molar refractivity (Wildman–Crippen MR) is 69.2 cm³/mol. The number of aromatic nitrogens is 2. The molecule has 0 atom stereocenters. The number of hydrogen-bond donors (Lipinski definition) is 1. The lowest BCUT2D eigenvalue weighted by atomic mass is 10.2. The fourth-order valence-electron chi connectivity index (χ4n) is 1.64. The third-order valence-corrected chi connectivity index (χ3v) is 2.61. The number of rotatable bonds is 3. The molecule has 1 aromatic heterocycles. The molecule has 0 aliphatic carbocycles. The molecule has 2 N–H and O–H groups in total. The smallest absolute Gasteiger partial charge is 0.144 e. The Kier molecular flexibility index (Phi) is 3.35. The fourth-order valence-corrected chi connectivity index (χ4v) is 1.64.